The molecule has 1 rings (SSSR count). The Morgan fingerprint density at radius 2 is 2.00 bits per heavy atom. The van der Waals surface area contributed by atoms with E-state index < -0.39 is 0 Å². The van der Waals surface area contributed by atoms with Crippen molar-refractivity contribution in [2.75, 3.05) is 11.9 Å². The number of carbonyl (C=O) groups is 1. The first-order valence-electron chi connectivity index (χ1n) is 5.35. The van der Waals surface area contributed by atoms with E-state index in [4.69, 9.17) is 5.73 Å². The predicted octanol–water partition coefficient (Wildman–Crippen LogP) is 1.93. The average Bonchev–Trinajstić information content (AvgIpc) is 2.27. The molecule has 0 atom stereocenters. The van der Waals surface area contributed by atoms with Gasteiger partial charge in [-0.2, -0.15) is 0 Å². The van der Waals surface area contributed by atoms with Crippen molar-refractivity contribution in [2.24, 2.45) is 5.73 Å². The van der Waals surface area contributed by atoms with Gasteiger partial charge in [0.05, 0.1) is 0 Å². The normalized spacial score (nSPS) is 10.0. The van der Waals surface area contributed by atoms with Crippen molar-refractivity contribution in [1.82, 2.24) is 0 Å². The Bertz CT molecular complexity index is 306. The third-order valence-corrected chi connectivity index (χ3v) is 2.25. The molecule has 1 aromatic rings. The second kappa shape index (κ2) is 6.19. The van der Waals surface area contributed by atoms with Crippen LogP contribution in [0.1, 0.15) is 25.3 Å². The highest BCUT2D eigenvalue weighted by Gasteiger charge is 2.00. The summed E-state index contributed by atoms with van der Waals surface area (Å²) in [6, 6.07) is 7.91. The minimum absolute atomic E-state index is 0.0321. The molecule has 0 spiro atoms. The fraction of sp³-hybridized carbons (Fsp3) is 0.417. The van der Waals surface area contributed by atoms with Crippen molar-refractivity contribution in [3.8, 4) is 0 Å². The van der Waals surface area contributed by atoms with E-state index in [-0.39, 0.29) is 5.91 Å². The van der Waals surface area contributed by atoms with Crippen LogP contribution in [0.25, 0.3) is 0 Å². The van der Waals surface area contributed by atoms with Gasteiger partial charge in [-0.25, -0.2) is 0 Å². The largest absolute Gasteiger partial charge is 0.330 e. The second-order valence-electron chi connectivity index (χ2n) is 3.49. The number of rotatable bonds is 5. The van der Waals surface area contributed by atoms with Crippen LogP contribution in [0.3, 0.4) is 0 Å². The van der Waals surface area contributed by atoms with Gasteiger partial charge in [0, 0.05) is 12.1 Å². The van der Waals surface area contributed by atoms with Gasteiger partial charge in [0.2, 0.25) is 5.91 Å². The molecule has 82 valence electrons. The molecule has 0 aliphatic rings. The van der Waals surface area contributed by atoms with Gasteiger partial charge < -0.3 is 11.1 Å². The number of amides is 1. The van der Waals surface area contributed by atoms with Gasteiger partial charge in [0.1, 0.15) is 0 Å². The molecule has 0 bridgehead atoms. The highest BCUT2D eigenvalue weighted by molar-refractivity contribution is 5.90. The lowest BCUT2D eigenvalue weighted by atomic mass is 10.1. The Morgan fingerprint density at radius 1 is 1.33 bits per heavy atom. The first kappa shape index (κ1) is 11.7. The van der Waals surface area contributed by atoms with Crippen LogP contribution in [0.2, 0.25) is 0 Å². The number of hydrogen-bond acceptors (Lipinski definition) is 2. The lowest BCUT2D eigenvalue weighted by molar-refractivity contribution is -0.116. The average molecular weight is 206 g/mol. The van der Waals surface area contributed by atoms with Crippen molar-refractivity contribution in [3.63, 3.8) is 0 Å². The number of aryl methyl sites for hydroxylation is 1. The van der Waals surface area contributed by atoms with E-state index in [0.717, 1.165) is 18.5 Å². The third kappa shape index (κ3) is 4.13. The number of anilines is 1. The number of nitrogens with two attached hydrogens (primary N) is 1. The summed E-state index contributed by atoms with van der Waals surface area (Å²) in [7, 11) is 0. The Morgan fingerprint density at radius 3 is 2.53 bits per heavy atom. The number of benzene rings is 1. The minimum atomic E-state index is 0.0321. The lowest BCUT2D eigenvalue weighted by Gasteiger charge is -2.05. The molecule has 0 aliphatic carbocycles. The van der Waals surface area contributed by atoms with Gasteiger partial charge >= 0.3 is 0 Å². The molecule has 0 radical (unpaired) electrons. The standard InChI is InChI=1S/C12H18N2O/c1-2-10-5-7-11(8-6-10)14-12(15)4-3-9-13/h5-8H,2-4,9,13H2,1H3,(H,14,15). The molecule has 15 heavy (non-hydrogen) atoms. The molecule has 0 fully saturated rings. The quantitative estimate of drug-likeness (QED) is 0.773. The summed E-state index contributed by atoms with van der Waals surface area (Å²) in [6.07, 6.45) is 2.24. The fourth-order valence-electron chi connectivity index (χ4n) is 1.31. The molecule has 0 unspecified atom stereocenters. The highest BCUT2D eigenvalue weighted by atomic mass is 16.1. The summed E-state index contributed by atoms with van der Waals surface area (Å²) >= 11 is 0. The van der Waals surface area contributed by atoms with Crippen LogP contribution in [0, 0.1) is 0 Å². The summed E-state index contributed by atoms with van der Waals surface area (Å²) in [5, 5.41) is 2.83. The zero-order valence-corrected chi connectivity index (χ0v) is 9.12. The molecule has 3 nitrogen and oxygen atoms in total. The van der Waals surface area contributed by atoms with Gasteiger partial charge in [-0.1, -0.05) is 19.1 Å². The topological polar surface area (TPSA) is 55.1 Å². The van der Waals surface area contributed by atoms with Crippen molar-refractivity contribution in [3.05, 3.63) is 29.8 Å². The second-order valence-corrected chi connectivity index (χ2v) is 3.49. The van der Waals surface area contributed by atoms with Crippen LogP contribution in [0.4, 0.5) is 5.69 Å². The zero-order chi connectivity index (χ0) is 11.1. The zero-order valence-electron chi connectivity index (χ0n) is 9.12. The van der Waals surface area contributed by atoms with E-state index in [9.17, 15) is 4.79 Å². The summed E-state index contributed by atoms with van der Waals surface area (Å²) < 4.78 is 0. The fourth-order valence-corrected chi connectivity index (χ4v) is 1.31. The van der Waals surface area contributed by atoms with Crippen LogP contribution in [-0.4, -0.2) is 12.5 Å². The first-order valence-corrected chi connectivity index (χ1v) is 5.35. The van der Waals surface area contributed by atoms with Gasteiger partial charge in [-0.3, -0.25) is 4.79 Å². The van der Waals surface area contributed by atoms with E-state index in [1.54, 1.807) is 0 Å². The van der Waals surface area contributed by atoms with Crippen LogP contribution in [0.5, 0.6) is 0 Å². The van der Waals surface area contributed by atoms with Gasteiger partial charge in [0.25, 0.3) is 0 Å². The number of hydrogen-bond donors (Lipinski definition) is 2. The van der Waals surface area contributed by atoms with Crippen LogP contribution in [-0.2, 0) is 11.2 Å². The lowest BCUT2D eigenvalue weighted by Crippen LogP contribution is -2.13. The SMILES string of the molecule is CCc1ccc(NC(=O)CCCN)cc1. The molecule has 0 heterocycles. The first-order chi connectivity index (χ1) is 7.26. The summed E-state index contributed by atoms with van der Waals surface area (Å²) in [4.78, 5) is 11.4. The van der Waals surface area contributed by atoms with Crippen LogP contribution in [0.15, 0.2) is 24.3 Å². The minimum Gasteiger partial charge on any atom is -0.330 e. The molecular weight excluding hydrogens is 188 g/mol. The third-order valence-electron chi connectivity index (χ3n) is 2.25. The van der Waals surface area contributed by atoms with Gasteiger partial charge in [-0.05, 0) is 37.1 Å². The highest BCUT2D eigenvalue weighted by Crippen LogP contribution is 2.10. The smallest absolute Gasteiger partial charge is 0.224 e. The molecule has 0 saturated carbocycles. The monoisotopic (exact) mass is 206 g/mol. The molecule has 3 N–H and O–H groups in total. The number of nitrogens with one attached hydrogen (secondary N) is 1. The Kier molecular flexibility index (Phi) is 4.84. The van der Waals surface area contributed by atoms with Crippen molar-refractivity contribution >= 4 is 11.6 Å². The maximum absolute atomic E-state index is 11.4. The molecular formula is C12H18N2O. The maximum Gasteiger partial charge on any atom is 0.224 e. The molecule has 0 aromatic heterocycles. The van der Waals surface area contributed by atoms with E-state index in [2.05, 4.69) is 12.2 Å². The summed E-state index contributed by atoms with van der Waals surface area (Å²) in [5.41, 5.74) is 7.46. The number of carbonyl (C=O) groups excluding carboxylic acids is 1. The van der Waals surface area contributed by atoms with Crippen LogP contribution >= 0.6 is 0 Å². The molecule has 1 aromatic carbocycles. The van der Waals surface area contributed by atoms with Crippen molar-refractivity contribution in [1.29, 1.82) is 0 Å². The van der Waals surface area contributed by atoms with Crippen LogP contribution < -0.4 is 11.1 Å². The maximum atomic E-state index is 11.4. The summed E-state index contributed by atoms with van der Waals surface area (Å²) in [6.45, 7) is 2.66. The molecule has 0 aliphatic heterocycles. The predicted molar refractivity (Wildman–Crippen MR) is 62.7 cm³/mol. The van der Waals surface area contributed by atoms with E-state index in [0.29, 0.717) is 13.0 Å². The Hall–Kier alpha value is -1.35. The van der Waals surface area contributed by atoms with E-state index in [1.165, 1.54) is 5.56 Å². The Labute approximate surface area is 90.7 Å². The molecule has 1 amide bonds. The summed E-state index contributed by atoms with van der Waals surface area (Å²) in [5.74, 6) is 0.0321. The van der Waals surface area contributed by atoms with E-state index in [1.807, 2.05) is 24.3 Å². The Balaban J connectivity index is 2.46. The van der Waals surface area contributed by atoms with E-state index >= 15 is 0 Å². The molecule has 3 heteroatoms. The molecule has 0 saturated heterocycles. The van der Waals surface area contributed by atoms with Crippen molar-refractivity contribution in [2.45, 2.75) is 26.2 Å². The van der Waals surface area contributed by atoms with Gasteiger partial charge in [0.15, 0.2) is 0 Å². The van der Waals surface area contributed by atoms with Gasteiger partial charge in [-0.15, -0.1) is 0 Å². The van der Waals surface area contributed by atoms with Crippen molar-refractivity contribution < 1.29 is 4.79 Å².